The molecule has 0 saturated heterocycles. The normalized spacial score (nSPS) is 11.9. The second-order valence-electron chi connectivity index (χ2n) is 4.49. The van der Waals surface area contributed by atoms with Crippen molar-refractivity contribution in [1.29, 1.82) is 0 Å². The van der Waals surface area contributed by atoms with E-state index in [0.29, 0.717) is 24.5 Å². The number of para-hydroxylation sites is 1. The number of halogens is 1. The Bertz CT molecular complexity index is 538. The van der Waals surface area contributed by atoms with Crippen LogP contribution in [0.25, 0.3) is 0 Å². The van der Waals surface area contributed by atoms with Gasteiger partial charge in [-0.3, -0.25) is 0 Å². The largest absolute Gasteiger partial charge is 0.493 e. The molecule has 0 aromatic heterocycles. The van der Waals surface area contributed by atoms with Gasteiger partial charge in [0.1, 0.15) is 11.5 Å². The standard InChI is InChI=1S/C16H17FO3/c1-12(18)10-11-19-13-6-8-14(9-7-13)20-16-5-3-2-4-15(16)17/h2-9,12,18H,10-11H2,1H3. The van der Waals surface area contributed by atoms with Crippen molar-refractivity contribution in [2.24, 2.45) is 0 Å². The second kappa shape index (κ2) is 6.91. The quantitative estimate of drug-likeness (QED) is 0.873. The van der Waals surface area contributed by atoms with Gasteiger partial charge in [-0.15, -0.1) is 0 Å². The lowest BCUT2D eigenvalue weighted by Gasteiger charge is -2.09. The molecule has 0 amide bonds. The number of aliphatic hydroxyl groups excluding tert-OH is 1. The van der Waals surface area contributed by atoms with Gasteiger partial charge in [-0.1, -0.05) is 12.1 Å². The minimum Gasteiger partial charge on any atom is -0.493 e. The third kappa shape index (κ3) is 4.24. The van der Waals surface area contributed by atoms with Crippen molar-refractivity contribution in [1.82, 2.24) is 0 Å². The maximum Gasteiger partial charge on any atom is 0.165 e. The summed E-state index contributed by atoms with van der Waals surface area (Å²) in [6, 6.07) is 13.2. The molecular weight excluding hydrogens is 259 g/mol. The first kappa shape index (κ1) is 14.3. The van der Waals surface area contributed by atoms with Gasteiger partial charge in [-0.2, -0.15) is 0 Å². The highest BCUT2D eigenvalue weighted by molar-refractivity contribution is 5.35. The van der Waals surface area contributed by atoms with Gasteiger partial charge < -0.3 is 14.6 Å². The number of hydrogen-bond acceptors (Lipinski definition) is 3. The summed E-state index contributed by atoms with van der Waals surface area (Å²) in [7, 11) is 0. The molecule has 2 aromatic carbocycles. The number of benzene rings is 2. The third-order valence-corrected chi connectivity index (χ3v) is 2.69. The summed E-state index contributed by atoms with van der Waals surface area (Å²) in [5.41, 5.74) is 0. The van der Waals surface area contributed by atoms with Crippen LogP contribution in [0.2, 0.25) is 0 Å². The Labute approximate surface area is 117 Å². The van der Waals surface area contributed by atoms with Gasteiger partial charge >= 0.3 is 0 Å². The zero-order valence-electron chi connectivity index (χ0n) is 11.3. The lowest BCUT2D eigenvalue weighted by molar-refractivity contribution is 0.155. The van der Waals surface area contributed by atoms with Crippen molar-refractivity contribution in [3.8, 4) is 17.2 Å². The van der Waals surface area contributed by atoms with E-state index in [2.05, 4.69) is 0 Å². The summed E-state index contributed by atoms with van der Waals surface area (Å²) in [6.45, 7) is 2.17. The SMILES string of the molecule is CC(O)CCOc1ccc(Oc2ccccc2F)cc1. The Kier molecular flexibility index (Phi) is 4.96. The molecular formula is C16H17FO3. The van der Waals surface area contributed by atoms with E-state index >= 15 is 0 Å². The molecule has 0 spiro atoms. The van der Waals surface area contributed by atoms with E-state index in [1.54, 1.807) is 49.4 Å². The average Bonchev–Trinajstić information content (AvgIpc) is 2.43. The van der Waals surface area contributed by atoms with E-state index in [4.69, 9.17) is 14.6 Å². The molecule has 1 N–H and O–H groups in total. The zero-order valence-corrected chi connectivity index (χ0v) is 11.3. The molecule has 106 valence electrons. The summed E-state index contributed by atoms with van der Waals surface area (Å²) in [4.78, 5) is 0. The molecule has 1 atom stereocenters. The summed E-state index contributed by atoms with van der Waals surface area (Å²) >= 11 is 0. The molecule has 4 heteroatoms. The van der Waals surface area contributed by atoms with Crippen LogP contribution in [-0.4, -0.2) is 17.8 Å². The first-order chi connectivity index (χ1) is 9.65. The van der Waals surface area contributed by atoms with Crippen LogP contribution in [-0.2, 0) is 0 Å². The van der Waals surface area contributed by atoms with Gasteiger partial charge in [-0.25, -0.2) is 4.39 Å². The molecule has 2 rings (SSSR count). The van der Waals surface area contributed by atoms with E-state index in [0.717, 1.165) is 0 Å². The maximum atomic E-state index is 13.4. The summed E-state index contributed by atoms with van der Waals surface area (Å²) in [6.07, 6.45) is 0.201. The van der Waals surface area contributed by atoms with Crippen LogP contribution in [0.4, 0.5) is 4.39 Å². The molecule has 0 bridgehead atoms. The molecule has 3 nitrogen and oxygen atoms in total. The van der Waals surface area contributed by atoms with Crippen LogP contribution in [0.1, 0.15) is 13.3 Å². The average molecular weight is 276 g/mol. The molecule has 20 heavy (non-hydrogen) atoms. The summed E-state index contributed by atoms with van der Waals surface area (Å²) < 4.78 is 24.3. The van der Waals surface area contributed by atoms with Crippen LogP contribution in [0.5, 0.6) is 17.2 Å². The molecule has 0 fully saturated rings. The van der Waals surface area contributed by atoms with Crippen molar-refractivity contribution in [2.45, 2.75) is 19.4 Å². The van der Waals surface area contributed by atoms with Crippen LogP contribution in [0.15, 0.2) is 48.5 Å². The number of hydrogen-bond donors (Lipinski definition) is 1. The maximum absolute atomic E-state index is 13.4. The van der Waals surface area contributed by atoms with Gasteiger partial charge in [0.15, 0.2) is 11.6 Å². The van der Waals surface area contributed by atoms with Crippen molar-refractivity contribution >= 4 is 0 Å². The van der Waals surface area contributed by atoms with Gasteiger partial charge in [-0.05, 0) is 43.3 Å². The Morgan fingerprint density at radius 2 is 1.70 bits per heavy atom. The highest BCUT2D eigenvalue weighted by atomic mass is 19.1. The molecule has 0 aliphatic carbocycles. The predicted octanol–water partition coefficient (Wildman–Crippen LogP) is 3.77. The summed E-state index contributed by atoms with van der Waals surface area (Å²) in [5.74, 6) is 1.02. The predicted molar refractivity (Wildman–Crippen MR) is 74.7 cm³/mol. The molecule has 0 aliphatic heterocycles. The van der Waals surface area contributed by atoms with Crippen molar-refractivity contribution in [3.05, 3.63) is 54.3 Å². The van der Waals surface area contributed by atoms with Crippen LogP contribution < -0.4 is 9.47 Å². The van der Waals surface area contributed by atoms with Crippen molar-refractivity contribution in [3.63, 3.8) is 0 Å². The second-order valence-corrected chi connectivity index (χ2v) is 4.49. The fraction of sp³-hybridized carbons (Fsp3) is 0.250. The van der Waals surface area contributed by atoms with Gasteiger partial charge in [0.05, 0.1) is 12.7 Å². The van der Waals surface area contributed by atoms with E-state index < -0.39 is 5.82 Å². The fourth-order valence-electron chi connectivity index (χ4n) is 1.61. The van der Waals surface area contributed by atoms with Gasteiger partial charge in [0, 0.05) is 6.42 Å². The van der Waals surface area contributed by atoms with E-state index in [1.807, 2.05) is 0 Å². The Balaban J connectivity index is 1.93. The van der Waals surface area contributed by atoms with Gasteiger partial charge in [0.25, 0.3) is 0 Å². The minimum absolute atomic E-state index is 0.190. The molecule has 1 unspecified atom stereocenters. The third-order valence-electron chi connectivity index (χ3n) is 2.69. The molecule has 2 aromatic rings. The smallest absolute Gasteiger partial charge is 0.165 e. The Morgan fingerprint density at radius 1 is 1.05 bits per heavy atom. The number of rotatable bonds is 6. The van der Waals surface area contributed by atoms with Crippen LogP contribution >= 0.6 is 0 Å². The Morgan fingerprint density at radius 3 is 2.35 bits per heavy atom. The van der Waals surface area contributed by atoms with E-state index in [-0.39, 0.29) is 11.9 Å². The topological polar surface area (TPSA) is 38.7 Å². The lowest BCUT2D eigenvalue weighted by atomic mass is 10.3. The van der Waals surface area contributed by atoms with Crippen LogP contribution in [0.3, 0.4) is 0 Å². The first-order valence-electron chi connectivity index (χ1n) is 6.48. The van der Waals surface area contributed by atoms with Crippen molar-refractivity contribution in [2.75, 3.05) is 6.61 Å². The first-order valence-corrected chi connectivity index (χ1v) is 6.48. The van der Waals surface area contributed by atoms with Crippen molar-refractivity contribution < 1.29 is 19.0 Å². The molecule has 0 radical (unpaired) electrons. The fourth-order valence-corrected chi connectivity index (χ4v) is 1.61. The monoisotopic (exact) mass is 276 g/mol. The summed E-state index contributed by atoms with van der Waals surface area (Å²) in [5, 5.41) is 9.13. The van der Waals surface area contributed by atoms with Crippen LogP contribution in [0, 0.1) is 5.82 Å². The minimum atomic E-state index is -0.398. The number of ether oxygens (including phenoxy) is 2. The Hall–Kier alpha value is -2.07. The lowest BCUT2D eigenvalue weighted by Crippen LogP contribution is -2.07. The number of aliphatic hydroxyl groups is 1. The molecule has 0 aliphatic rings. The highest BCUT2D eigenvalue weighted by Gasteiger charge is 2.04. The molecule has 0 saturated carbocycles. The zero-order chi connectivity index (χ0) is 14.4. The van der Waals surface area contributed by atoms with E-state index in [9.17, 15) is 4.39 Å². The highest BCUT2D eigenvalue weighted by Crippen LogP contribution is 2.25. The van der Waals surface area contributed by atoms with E-state index in [1.165, 1.54) is 6.07 Å². The molecule has 0 heterocycles. The van der Waals surface area contributed by atoms with Gasteiger partial charge in [0.2, 0.25) is 0 Å².